The summed E-state index contributed by atoms with van der Waals surface area (Å²) >= 11 is 0. The summed E-state index contributed by atoms with van der Waals surface area (Å²) in [4.78, 5) is 104. The maximum Gasteiger partial charge on any atom is 1.00 e. The Bertz CT molecular complexity index is 3350. The van der Waals surface area contributed by atoms with E-state index in [-0.39, 0.29) is 100.0 Å². The number of fused-ring (bicyclic) bond motifs is 6. The van der Waals surface area contributed by atoms with E-state index >= 15 is 0 Å². The number of anilines is 3. The van der Waals surface area contributed by atoms with Crippen molar-refractivity contribution in [2.24, 2.45) is 11.1 Å². The smallest absolute Gasteiger partial charge is 0.793 e. The fourth-order valence-corrected chi connectivity index (χ4v) is 16.1. The molecule has 3 saturated carbocycles. The van der Waals surface area contributed by atoms with Crippen LogP contribution >= 0.6 is 0 Å². The summed E-state index contributed by atoms with van der Waals surface area (Å²) < 4.78 is 67.7. The first-order valence-corrected chi connectivity index (χ1v) is 36.0. The molecular formula is C75H108BF3N8NaO16. The van der Waals surface area contributed by atoms with Crippen molar-refractivity contribution in [3.8, 4) is 0 Å². The Morgan fingerprint density at radius 1 is 0.529 bits per heavy atom. The molecule has 0 atom stereocenters. The van der Waals surface area contributed by atoms with Crippen molar-refractivity contribution < 1.29 is 119 Å². The van der Waals surface area contributed by atoms with Crippen molar-refractivity contribution in [2.75, 3.05) is 113 Å². The van der Waals surface area contributed by atoms with Crippen LogP contribution in [0.1, 0.15) is 195 Å². The fraction of sp³-hybridized carbons (Fsp3) is 0.653. The minimum atomic E-state index is -0.639. The van der Waals surface area contributed by atoms with E-state index < -0.39 is 17.9 Å². The van der Waals surface area contributed by atoms with E-state index in [1.54, 1.807) is 62.1 Å². The van der Waals surface area contributed by atoms with Crippen molar-refractivity contribution >= 4 is 72.2 Å². The molecule has 3 amide bonds. The zero-order chi connectivity index (χ0) is 73.8. The van der Waals surface area contributed by atoms with Crippen molar-refractivity contribution in [1.29, 1.82) is 0 Å². The number of amides is 3. The number of nitrogens with two attached hydrogens (primary N) is 1. The number of benzene rings is 3. The van der Waals surface area contributed by atoms with Gasteiger partial charge >= 0.3 is 41.5 Å². The Morgan fingerprint density at radius 3 is 1.18 bits per heavy atom. The zero-order valence-electron chi connectivity index (χ0n) is 61.7. The molecule has 0 unspecified atom stereocenters. The number of hydrogen-bond donors (Lipinski definition) is 2. The molecule has 29 heteroatoms. The third-order valence-electron chi connectivity index (χ3n) is 21.5. The number of nitrogens with one attached hydrogen (secondary N) is 1. The molecule has 0 bridgehead atoms. The van der Waals surface area contributed by atoms with Gasteiger partial charge in [-0.1, -0.05) is 12.6 Å². The first kappa shape index (κ1) is 87.0. The second-order valence-corrected chi connectivity index (χ2v) is 28.0. The van der Waals surface area contributed by atoms with Crippen molar-refractivity contribution in [2.45, 2.75) is 218 Å². The number of Topliss-reactive ketones (excluding diaryl/α,β-unsaturated/α-hetero) is 1. The van der Waals surface area contributed by atoms with Gasteiger partial charge < -0.3 is 71.1 Å². The summed E-state index contributed by atoms with van der Waals surface area (Å²) in [5.41, 5.74) is 6.69. The van der Waals surface area contributed by atoms with Gasteiger partial charge in [0.15, 0.2) is 11.6 Å². The third-order valence-corrected chi connectivity index (χ3v) is 21.5. The Morgan fingerprint density at radius 2 is 0.865 bits per heavy atom. The van der Waals surface area contributed by atoms with Gasteiger partial charge in [0.2, 0.25) is 23.7 Å². The predicted molar refractivity (Wildman–Crippen MR) is 382 cm³/mol. The molecule has 8 heterocycles. The van der Waals surface area contributed by atoms with Gasteiger partial charge in [-0.05, 0) is 201 Å². The van der Waals surface area contributed by atoms with Crippen LogP contribution in [0, 0.1) is 17.5 Å². The maximum atomic E-state index is 14.0. The quantitative estimate of drug-likeness (QED) is 0.148. The maximum absolute atomic E-state index is 14.0. The summed E-state index contributed by atoms with van der Waals surface area (Å²) in [6.07, 6.45) is 17.0. The number of rotatable bonds is 5. The molecule has 104 heavy (non-hydrogen) atoms. The molecule has 24 nitrogen and oxygen atoms in total. The summed E-state index contributed by atoms with van der Waals surface area (Å²) in [6.45, 7) is 24.1. The number of nitrogens with zero attached hydrogens (tertiary/aromatic N) is 6. The molecule has 3 aromatic carbocycles. The van der Waals surface area contributed by atoms with Gasteiger partial charge in [-0.2, -0.15) is 0 Å². The van der Waals surface area contributed by atoms with Crippen LogP contribution in [0.5, 0.6) is 0 Å². The van der Waals surface area contributed by atoms with Crippen molar-refractivity contribution in [3.63, 3.8) is 0 Å². The minimum absolute atomic E-state index is 0. The second-order valence-electron chi connectivity index (χ2n) is 28.0. The van der Waals surface area contributed by atoms with Gasteiger partial charge in [0.1, 0.15) is 29.8 Å². The number of hydrogen-bond acceptors (Lipinski definition) is 21. The van der Waals surface area contributed by atoms with E-state index in [4.69, 9.17) is 23.8 Å². The molecule has 3 radical (unpaired) electrons. The van der Waals surface area contributed by atoms with Crippen molar-refractivity contribution in [3.05, 3.63) is 88.7 Å². The van der Waals surface area contributed by atoms with E-state index in [0.717, 1.165) is 203 Å². The summed E-state index contributed by atoms with van der Waals surface area (Å²) in [7, 11) is 4.32. The van der Waals surface area contributed by atoms with E-state index in [0.29, 0.717) is 76.8 Å². The molecule has 0 aromatic heterocycles. The van der Waals surface area contributed by atoms with Gasteiger partial charge in [-0.25, -0.2) is 38.4 Å². The van der Waals surface area contributed by atoms with Crippen LogP contribution in [0.25, 0.3) is 0 Å². The van der Waals surface area contributed by atoms with E-state index in [1.165, 1.54) is 30.8 Å². The monoisotopic (exact) mass is 1470 g/mol. The van der Waals surface area contributed by atoms with Crippen LogP contribution in [-0.2, 0) is 92.9 Å². The Balaban J connectivity index is 0.000000208. The number of likely N-dealkylation sites (tertiary alicyclic amines) is 2. The Kier molecular flexibility index (Phi) is 33.8. The molecule has 3 aliphatic carbocycles. The molecule has 11 aliphatic rings. The van der Waals surface area contributed by atoms with Gasteiger partial charge in [-0.15, -0.1) is 0 Å². The average molecular weight is 1470 g/mol. The molecule has 8 fully saturated rings. The normalized spacial score (nSPS) is 21.8. The summed E-state index contributed by atoms with van der Waals surface area (Å²) in [6, 6.07) is 15.8. The number of halogens is 3. The number of carbonyl (C=O) groups excluding carboxylic acids is 7. The summed E-state index contributed by atoms with van der Waals surface area (Å²) in [5.74, 6) is 1.95. The van der Waals surface area contributed by atoms with Gasteiger partial charge in [0, 0.05) is 145 Å². The summed E-state index contributed by atoms with van der Waals surface area (Å²) in [5, 5.41) is 7.55. The van der Waals surface area contributed by atoms with E-state index in [1.807, 2.05) is 23.6 Å². The van der Waals surface area contributed by atoms with Crippen LogP contribution in [-0.4, -0.2) is 187 Å². The number of ether oxygens (including phenoxy) is 4. The van der Waals surface area contributed by atoms with Crippen LogP contribution in [0.3, 0.4) is 0 Å². The van der Waals surface area contributed by atoms with E-state index in [9.17, 15) is 46.7 Å². The minimum Gasteiger partial charge on any atom is -0.793 e. The number of ketones is 1. The molecule has 14 rings (SSSR count). The average Bonchev–Trinajstić information content (AvgIpc) is 1.60. The fourth-order valence-electron chi connectivity index (χ4n) is 16.1. The predicted octanol–water partition coefficient (Wildman–Crippen LogP) is 6.96. The van der Waals surface area contributed by atoms with Crippen LogP contribution in [0.15, 0.2) is 59.8 Å². The third kappa shape index (κ3) is 22.6. The second kappa shape index (κ2) is 40.3. The number of oxime groups is 1. The number of piperidine rings is 3. The van der Waals surface area contributed by atoms with Gasteiger partial charge in [0.05, 0.1) is 38.7 Å². The molecule has 3 aromatic rings. The Hall–Kier alpha value is -5.89. The molecular weight excluding hydrogens is 1360 g/mol. The van der Waals surface area contributed by atoms with E-state index in [2.05, 4.69) is 53.5 Å². The topological polar surface area (TPSA) is 269 Å². The van der Waals surface area contributed by atoms with Crippen molar-refractivity contribution in [1.82, 2.24) is 15.1 Å². The largest absolute Gasteiger partial charge is 1.00 e. The van der Waals surface area contributed by atoms with Gasteiger partial charge in [0.25, 0.3) is 0 Å². The SMILES string of the molecule is C.CC(=O)N1CC2(CCN(C3CCC4(CC3)OCCO4)CC2)c2cc(F)ccc21.CC(=O)N1CC2(CCNCC2)c2cc(F)ccc21.CC(=O)OOC(C)=O.CCON.CCON=C1CCC(N2CCC3(CC2)CN(C(C)=O)c2ccc(F)cc23)CC1.O=C1CCC2(CC1)OCCO2.[B-]OC(C)=O.[Na+]. The van der Waals surface area contributed by atoms with Gasteiger partial charge in [-0.3, -0.25) is 24.0 Å². The number of carbonyl (C=O) groups is 7. The first-order chi connectivity index (χ1) is 48.8. The molecule has 3 N–H and O–H groups in total. The van der Waals surface area contributed by atoms with Crippen LogP contribution in [0.4, 0.5) is 30.2 Å². The molecule has 5 spiro atoms. The zero-order valence-corrected chi connectivity index (χ0v) is 63.7. The molecule has 569 valence electrons. The first-order valence-electron chi connectivity index (χ1n) is 36.0. The molecule has 8 aliphatic heterocycles. The van der Waals surface area contributed by atoms with Crippen LogP contribution in [0.2, 0.25) is 0 Å². The Labute approximate surface area is 634 Å². The standard InChI is InChI=1S/C22H30FN3O2.C22H29FN2O3.C14H17FN2O.C8H12O3.C4H6O4.C2H3BO2.C2H7NO.CH4.Na/c1-3-28-24-18-5-7-19(8-6-18)25-12-10-22(11-13-25)15-26(16(2)27)21-9-4-17(23)14-20(21)22;1-16(26)25-15-21(19-14-17(23)2-3-20(19)25)8-10-24(11-9-21)18-4-6-22(7-5-18)27-12-13-28-22;1-10(18)17-9-14(4-6-16-7-5-14)12-8-11(15)2-3-13(12)17;9-7-1-3-8(4-2-7)10-5-6-11-8;1-3(5)7-8-4(2)6;1-2(4)5-3;1-2-4-3;;/h4,9,14,19H,3,5-8,10-13,15H2,1-2H3;2-3,14,18H,4-13,15H2,1H3;2-3,8,16H,4-7,9H2,1H3;1-6H2;1-2H3;1H3;2-3H2,1H3;1H4;/q;;;;;-1;;;+1. The van der Waals surface area contributed by atoms with Crippen LogP contribution < -0.4 is 55.5 Å². The molecule has 5 saturated heterocycles.